The zero-order valence-corrected chi connectivity index (χ0v) is 21.6. The van der Waals surface area contributed by atoms with Gasteiger partial charge in [-0.1, -0.05) is 25.5 Å². The van der Waals surface area contributed by atoms with E-state index in [1.54, 1.807) is 25.2 Å². The molecule has 7 nitrogen and oxygen atoms in total. The molecule has 3 unspecified atom stereocenters. The molecule has 186 valence electrons. The number of carbonyl (C=O) groups excluding carboxylic acids is 2. The predicted octanol–water partition coefficient (Wildman–Crippen LogP) is 4.13. The number of nitrogens with zero attached hydrogens (tertiary/aromatic N) is 2. The maximum absolute atomic E-state index is 13.8. The highest BCUT2D eigenvalue weighted by Gasteiger charge is 2.42. The summed E-state index contributed by atoms with van der Waals surface area (Å²) in [5, 5.41) is -0.212. The van der Waals surface area contributed by atoms with Gasteiger partial charge in [-0.25, -0.2) is 4.79 Å². The van der Waals surface area contributed by atoms with Crippen LogP contribution in [0.2, 0.25) is 0 Å². The summed E-state index contributed by atoms with van der Waals surface area (Å²) in [6.07, 6.45) is 7.88. The number of anilines is 1. The quantitative estimate of drug-likeness (QED) is 0.362. The average molecular weight is 489 g/mol. The van der Waals surface area contributed by atoms with Crippen molar-refractivity contribution in [2.24, 2.45) is 5.92 Å². The summed E-state index contributed by atoms with van der Waals surface area (Å²) in [6.45, 7) is 3.62. The number of rotatable bonds is 10. The van der Waals surface area contributed by atoms with Crippen LogP contribution in [0.4, 0.5) is 5.69 Å². The van der Waals surface area contributed by atoms with Crippen LogP contribution in [-0.2, 0) is 19.0 Å². The fraction of sp³-hybridized carbons (Fsp3) is 0.538. The first-order chi connectivity index (χ1) is 16.4. The van der Waals surface area contributed by atoms with Crippen LogP contribution >= 0.6 is 11.8 Å². The molecule has 1 aromatic rings. The molecule has 0 saturated heterocycles. The van der Waals surface area contributed by atoms with Crippen LogP contribution in [0.25, 0.3) is 0 Å². The molecule has 8 heteroatoms. The average Bonchev–Trinajstić information content (AvgIpc) is 2.96. The van der Waals surface area contributed by atoms with Gasteiger partial charge < -0.3 is 24.0 Å². The van der Waals surface area contributed by atoms with Gasteiger partial charge in [0.15, 0.2) is 0 Å². The monoisotopic (exact) mass is 488 g/mol. The molecule has 1 heterocycles. The Hall–Kier alpha value is -2.29. The van der Waals surface area contributed by atoms with Crippen LogP contribution in [0.5, 0.6) is 0 Å². The molecular weight excluding hydrogens is 452 g/mol. The molecule has 0 saturated carbocycles. The van der Waals surface area contributed by atoms with Crippen molar-refractivity contribution >= 4 is 29.3 Å². The molecule has 3 atom stereocenters. The number of esters is 1. The second-order valence-electron chi connectivity index (χ2n) is 8.74. The van der Waals surface area contributed by atoms with Crippen LogP contribution in [0.15, 0.2) is 47.1 Å². The molecule has 0 bridgehead atoms. The van der Waals surface area contributed by atoms with Gasteiger partial charge in [0.25, 0.3) is 5.91 Å². The number of hydrogen-bond donors (Lipinski definition) is 0. The lowest BCUT2D eigenvalue weighted by atomic mass is 9.92. The van der Waals surface area contributed by atoms with Crippen LogP contribution in [0, 0.1) is 5.92 Å². The Kier molecular flexibility index (Phi) is 9.62. The van der Waals surface area contributed by atoms with Crippen LogP contribution in [0.1, 0.15) is 36.5 Å². The van der Waals surface area contributed by atoms with E-state index in [0.29, 0.717) is 25.3 Å². The van der Waals surface area contributed by atoms with E-state index in [9.17, 15) is 9.59 Å². The zero-order valence-electron chi connectivity index (χ0n) is 20.8. The van der Waals surface area contributed by atoms with E-state index >= 15 is 0 Å². The molecule has 2 aliphatic rings. The van der Waals surface area contributed by atoms with Crippen molar-refractivity contribution in [3.63, 3.8) is 0 Å². The molecule has 0 spiro atoms. The summed E-state index contributed by atoms with van der Waals surface area (Å²) >= 11 is 1.54. The summed E-state index contributed by atoms with van der Waals surface area (Å²) in [7, 11) is 7.18. The normalized spacial score (nSPS) is 22.3. The van der Waals surface area contributed by atoms with Crippen molar-refractivity contribution in [2.45, 2.75) is 42.4 Å². The minimum absolute atomic E-state index is 0.0450. The van der Waals surface area contributed by atoms with Crippen LogP contribution < -0.4 is 4.90 Å². The molecule has 0 radical (unpaired) electrons. The molecular formula is C26H36N2O5S. The predicted molar refractivity (Wildman–Crippen MR) is 135 cm³/mol. The molecule has 1 aliphatic heterocycles. The van der Waals surface area contributed by atoms with Crippen molar-refractivity contribution in [2.75, 3.05) is 52.9 Å². The Bertz CT molecular complexity index is 930. The number of unbranched alkanes of at least 4 members (excludes halogenated alkanes) is 1. The van der Waals surface area contributed by atoms with E-state index in [-0.39, 0.29) is 23.0 Å². The lowest BCUT2D eigenvalue weighted by Gasteiger charge is -2.31. The Balaban J connectivity index is 2.04. The molecule has 1 aliphatic carbocycles. The SMILES string of the molecule is CCCCOC(=O)c1cccc2c1SC(C1C=CC(OC)=CC1)C(OC)C(=O)N2CCN(C)C. The number of ether oxygens (including phenoxy) is 3. The van der Waals surface area contributed by atoms with Gasteiger partial charge in [0.2, 0.25) is 0 Å². The maximum Gasteiger partial charge on any atom is 0.339 e. The summed E-state index contributed by atoms with van der Waals surface area (Å²) < 4.78 is 16.7. The van der Waals surface area contributed by atoms with Crippen molar-refractivity contribution in [3.05, 3.63) is 47.7 Å². The fourth-order valence-electron chi connectivity index (χ4n) is 4.11. The first-order valence-corrected chi connectivity index (χ1v) is 12.7. The van der Waals surface area contributed by atoms with Crippen molar-refractivity contribution in [3.8, 4) is 0 Å². The van der Waals surface area contributed by atoms with Crippen molar-refractivity contribution in [1.29, 1.82) is 0 Å². The molecule has 3 rings (SSSR count). The number of benzene rings is 1. The number of hydrogen-bond acceptors (Lipinski definition) is 7. The van der Waals surface area contributed by atoms with Gasteiger partial charge in [0.05, 0.1) is 30.2 Å². The van der Waals surface area contributed by atoms with E-state index < -0.39 is 6.10 Å². The maximum atomic E-state index is 13.8. The number of likely N-dealkylation sites (N-methyl/N-ethyl adjacent to an activating group) is 1. The second kappa shape index (κ2) is 12.4. The van der Waals surface area contributed by atoms with E-state index in [0.717, 1.165) is 35.6 Å². The summed E-state index contributed by atoms with van der Waals surface area (Å²) in [5.74, 6) is 0.409. The standard InChI is InChI=1S/C26H36N2O5S/c1-6-7-17-33-26(30)20-9-8-10-21-24(20)34-23(18-11-13-19(31-4)14-12-18)22(32-5)25(29)28(21)16-15-27(2)3/h8-11,13-14,18,22-23H,6-7,12,15-17H2,1-5H3. The topological polar surface area (TPSA) is 68.3 Å². The highest BCUT2D eigenvalue weighted by atomic mass is 32.2. The number of amides is 1. The highest BCUT2D eigenvalue weighted by molar-refractivity contribution is 8.00. The molecule has 0 N–H and O–H groups in total. The molecule has 34 heavy (non-hydrogen) atoms. The van der Waals surface area contributed by atoms with Gasteiger partial charge in [-0.15, -0.1) is 11.8 Å². The van der Waals surface area contributed by atoms with E-state index in [4.69, 9.17) is 14.2 Å². The third-order valence-electron chi connectivity index (χ3n) is 6.08. The Morgan fingerprint density at radius 2 is 2.06 bits per heavy atom. The van der Waals surface area contributed by atoms with Gasteiger partial charge in [-0.3, -0.25) is 4.79 Å². The number of methoxy groups -OCH3 is 2. The van der Waals surface area contributed by atoms with Gasteiger partial charge in [-0.05, 0) is 57.1 Å². The first kappa shape index (κ1) is 26.3. The largest absolute Gasteiger partial charge is 0.497 e. The minimum atomic E-state index is -0.657. The Morgan fingerprint density at radius 3 is 2.68 bits per heavy atom. The fourth-order valence-corrected chi connectivity index (χ4v) is 5.69. The second-order valence-corrected chi connectivity index (χ2v) is 9.93. The molecule has 1 amide bonds. The lowest BCUT2D eigenvalue weighted by molar-refractivity contribution is -0.128. The van der Waals surface area contributed by atoms with Crippen LogP contribution in [-0.4, -0.2) is 76.1 Å². The number of thioether (sulfide) groups is 1. The van der Waals surface area contributed by atoms with Gasteiger partial charge in [0, 0.05) is 25.1 Å². The lowest BCUT2D eigenvalue weighted by Crippen LogP contribution is -2.47. The van der Waals surface area contributed by atoms with Gasteiger partial charge in [-0.2, -0.15) is 0 Å². The smallest absolute Gasteiger partial charge is 0.339 e. The van der Waals surface area contributed by atoms with Gasteiger partial charge in [0.1, 0.15) is 11.9 Å². The molecule has 1 aromatic carbocycles. The zero-order chi connectivity index (χ0) is 24.7. The summed E-state index contributed by atoms with van der Waals surface area (Å²) in [4.78, 5) is 31.4. The highest BCUT2D eigenvalue weighted by Crippen LogP contribution is 2.45. The van der Waals surface area contributed by atoms with Crippen molar-refractivity contribution in [1.82, 2.24) is 4.90 Å². The minimum Gasteiger partial charge on any atom is -0.497 e. The van der Waals surface area contributed by atoms with E-state index in [2.05, 4.69) is 13.0 Å². The molecule has 0 fully saturated rings. The third-order valence-corrected chi connectivity index (χ3v) is 7.61. The number of allylic oxidation sites excluding steroid dienone is 3. The summed E-state index contributed by atoms with van der Waals surface area (Å²) in [5.41, 5.74) is 1.23. The Morgan fingerprint density at radius 1 is 1.26 bits per heavy atom. The third kappa shape index (κ3) is 6.03. The molecule has 0 aromatic heterocycles. The van der Waals surface area contributed by atoms with Crippen molar-refractivity contribution < 1.29 is 23.8 Å². The van der Waals surface area contributed by atoms with E-state index in [1.807, 2.05) is 43.3 Å². The van der Waals surface area contributed by atoms with Crippen LogP contribution in [0.3, 0.4) is 0 Å². The van der Waals surface area contributed by atoms with E-state index in [1.165, 1.54) is 11.8 Å². The Labute approximate surface area is 207 Å². The number of fused-ring (bicyclic) bond motifs is 1. The first-order valence-electron chi connectivity index (χ1n) is 11.8. The number of carbonyl (C=O) groups is 2. The van der Waals surface area contributed by atoms with Gasteiger partial charge >= 0.3 is 5.97 Å². The summed E-state index contributed by atoms with van der Waals surface area (Å²) in [6, 6.07) is 5.52.